The van der Waals surface area contributed by atoms with Gasteiger partial charge >= 0.3 is 0 Å². The number of aromatic hydroxyl groups is 1. The van der Waals surface area contributed by atoms with Crippen molar-refractivity contribution in [2.24, 2.45) is 0 Å². The Labute approximate surface area is 117 Å². The highest BCUT2D eigenvalue weighted by Crippen LogP contribution is 2.25. The highest BCUT2D eigenvalue weighted by Gasteiger charge is 2.07. The summed E-state index contributed by atoms with van der Waals surface area (Å²) in [5.74, 6) is 0.332. The van der Waals surface area contributed by atoms with Crippen molar-refractivity contribution in [3.63, 3.8) is 0 Å². The predicted molar refractivity (Wildman–Crippen MR) is 79.6 cm³/mol. The quantitative estimate of drug-likeness (QED) is 0.788. The molecule has 0 aliphatic carbocycles. The zero-order valence-electron chi connectivity index (χ0n) is 10.7. The van der Waals surface area contributed by atoms with Gasteiger partial charge in [-0.2, -0.15) is 0 Å². The van der Waals surface area contributed by atoms with Crippen molar-refractivity contribution in [3.8, 4) is 5.75 Å². The van der Waals surface area contributed by atoms with E-state index in [0.717, 1.165) is 15.6 Å². The molecule has 0 amide bonds. The average molecular weight is 318 g/mol. The molecule has 0 radical (unpaired) electrons. The highest BCUT2D eigenvalue weighted by atomic mass is 79.9. The predicted octanol–water partition coefficient (Wildman–Crippen LogP) is 4.13. The molecular weight excluding hydrogens is 298 g/mol. The van der Waals surface area contributed by atoms with E-state index in [-0.39, 0.29) is 0 Å². The van der Waals surface area contributed by atoms with Crippen molar-refractivity contribution in [1.29, 1.82) is 0 Å². The van der Waals surface area contributed by atoms with E-state index in [9.17, 15) is 0 Å². The summed E-state index contributed by atoms with van der Waals surface area (Å²) >= 11 is 5.27. The molecule has 0 atom stereocenters. The van der Waals surface area contributed by atoms with E-state index in [0.29, 0.717) is 5.75 Å². The second-order valence-electron chi connectivity index (χ2n) is 4.21. The number of phenols is 1. The number of hydrogen-bond donors (Lipinski definition) is 1. The maximum absolute atomic E-state index is 9.10. The van der Waals surface area contributed by atoms with E-state index >= 15 is 0 Å². The van der Waals surface area contributed by atoms with Crippen LogP contribution in [0.3, 0.4) is 0 Å². The molecule has 0 bridgehead atoms. The minimum absolute atomic E-state index is 0.332. The van der Waals surface area contributed by atoms with E-state index in [2.05, 4.69) is 26.5 Å². The number of rotatable bonds is 1. The number of nitrogens with zero attached hydrogens (tertiary/aromatic N) is 1. The Morgan fingerprint density at radius 2 is 1.65 bits per heavy atom. The lowest BCUT2D eigenvalue weighted by Gasteiger charge is -2.06. The van der Waals surface area contributed by atoms with Crippen LogP contribution in [-0.4, -0.2) is 28.8 Å². The van der Waals surface area contributed by atoms with Gasteiger partial charge < -0.3 is 5.11 Å². The van der Waals surface area contributed by atoms with E-state index in [1.807, 2.05) is 25.8 Å². The third-order valence-electron chi connectivity index (χ3n) is 2.74. The van der Waals surface area contributed by atoms with Crippen LogP contribution in [0, 0.1) is 13.8 Å². The fourth-order valence-corrected chi connectivity index (χ4v) is 2.65. The zero-order valence-corrected chi connectivity index (χ0v) is 13.1. The van der Waals surface area contributed by atoms with Gasteiger partial charge in [0.05, 0.1) is 0 Å². The van der Waals surface area contributed by atoms with Crippen molar-refractivity contribution in [1.82, 2.24) is 4.31 Å². The van der Waals surface area contributed by atoms with Crippen molar-refractivity contribution in [3.05, 3.63) is 27.7 Å². The minimum Gasteiger partial charge on any atom is -0.508 e. The first-order valence-electron chi connectivity index (χ1n) is 5.79. The molecule has 1 aromatic carbocycles. The van der Waals surface area contributed by atoms with Crippen LogP contribution in [0.25, 0.3) is 0 Å². The van der Waals surface area contributed by atoms with Gasteiger partial charge in [-0.05, 0) is 56.2 Å². The largest absolute Gasteiger partial charge is 0.508 e. The molecule has 0 saturated carbocycles. The monoisotopic (exact) mass is 317 g/mol. The van der Waals surface area contributed by atoms with Gasteiger partial charge in [0, 0.05) is 17.6 Å². The summed E-state index contributed by atoms with van der Waals surface area (Å²) in [7, 11) is 0. The number of aryl methyl sites for hydroxylation is 2. The summed E-state index contributed by atoms with van der Waals surface area (Å²) in [5, 5.41) is 9.10. The Balaban J connectivity index is 0.000000181. The molecule has 0 spiro atoms. The molecule has 1 heterocycles. The first kappa shape index (κ1) is 14.9. The first-order chi connectivity index (χ1) is 8.04. The molecule has 1 N–H and O–H groups in total. The maximum atomic E-state index is 9.10. The summed E-state index contributed by atoms with van der Waals surface area (Å²) in [6.45, 7) is 6.52. The van der Waals surface area contributed by atoms with Crippen LogP contribution in [0.5, 0.6) is 5.75 Å². The molecule has 2 rings (SSSR count). The first-order valence-corrected chi connectivity index (χ1v) is 7.77. The normalized spacial score (nSPS) is 15.5. The van der Waals surface area contributed by atoms with E-state index in [1.165, 1.54) is 25.9 Å². The van der Waals surface area contributed by atoms with Crippen molar-refractivity contribution < 1.29 is 5.11 Å². The summed E-state index contributed by atoms with van der Waals surface area (Å²) in [6.07, 6.45) is 4.95. The van der Waals surface area contributed by atoms with E-state index in [4.69, 9.17) is 5.11 Å². The molecule has 0 aromatic heterocycles. The molecule has 1 aromatic rings. The Morgan fingerprint density at radius 1 is 1.18 bits per heavy atom. The molecule has 1 fully saturated rings. The van der Waals surface area contributed by atoms with Crippen LogP contribution in [0.4, 0.5) is 0 Å². The second kappa shape index (κ2) is 7.29. The fraction of sp³-hybridized carbons (Fsp3) is 0.538. The average Bonchev–Trinajstić information content (AvgIpc) is 2.79. The third kappa shape index (κ3) is 4.90. The topological polar surface area (TPSA) is 23.5 Å². The Bertz CT molecular complexity index is 341. The summed E-state index contributed by atoms with van der Waals surface area (Å²) in [4.78, 5) is 0. The molecule has 1 aliphatic heterocycles. The van der Waals surface area contributed by atoms with Gasteiger partial charge in [0.1, 0.15) is 5.75 Å². The molecular formula is C13H20BrNOS. The smallest absolute Gasteiger partial charge is 0.116 e. The molecule has 2 nitrogen and oxygen atoms in total. The van der Waals surface area contributed by atoms with Crippen molar-refractivity contribution >= 4 is 27.9 Å². The Kier molecular flexibility index (Phi) is 6.38. The second-order valence-corrected chi connectivity index (χ2v) is 5.89. The van der Waals surface area contributed by atoms with Crippen LogP contribution < -0.4 is 0 Å². The Hall–Kier alpha value is -0.190. The SMILES string of the molecule is CSN1CCCC1.Cc1cc(O)cc(C)c1Br. The number of benzene rings is 1. The molecule has 0 unspecified atom stereocenters. The summed E-state index contributed by atoms with van der Waals surface area (Å²) in [5.41, 5.74) is 2.13. The van der Waals surface area contributed by atoms with Gasteiger partial charge in [-0.25, -0.2) is 0 Å². The van der Waals surface area contributed by atoms with Crippen LogP contribution in [-0.2, 0) is 0 Å². The van der Waals surface area contributed by atoms with Gasteiger partial charge in [-0.3, -0.25) is 4.31 Å². The van der Waals surface area contributed by atoms with Gasteiger partial charge in [0.15, 0.2) is 0 Å². The zero-order chi connectivity index (χ0) is 12.8. The lowest BCUT2D eigenvalue weighted by atomic mass is 10.1. The van der Waals surface area contributed by atoms with Crippen LogP contribution >= 0.6 is 27.9 Å². The van der Waals surface area contributed by atoms with Crippen LogP contribution in [0.1, 0.15) is 24.0 Å². The number of halogens is 1. The van der Waals surface area contributed by atoms with Crippen LogP contribution in [0.2, 0.25) is 0 Å². The molecule has 1 saturated heterocycles. The summed E-state index contributed by atoms with van der Waals surface area (Å²) < 4.78 is 3.48. The lowest BCUT2D eigenvalue weighted by molar-refractivity contribution is 0.474. The minimum atomic E-state index is 0.332. The van der Waals surface area contributed by atoms with Gasteiger partial charge in [-0.1, -0.05) is 27.9 Å². The highest BCUT2D eigenvalue weighted by molar-refractivity contribution is 9.10. The van der Waals surface area contributed by atoms with E-state index in [1.54, 1.807) is 12.1 Å². The number of phenolic OH excluding ortho intramolecular Hbond substituents is 1. The van der Waals surface area contributed by atoms with Crippen molar-refractivity contribution in [2.75, 3.05) is 19.3 Å². The van der Waals surface area contributed by atoms with Crippen LogP contribution in [0.15, 0.2) is 16.6 Å². The van der Waals surface area contributed by atoms with E-state index < -0.39 is 0 Å². The molecule has 4 heteroatoms. The van der Waals surface area contributed by atoms with Gasteiger partial charge in [-0.15, -0.1) is 0 Å². The van der Waals surface area contributed by atoms with Crippen molar-refractivity contribution in [2.45, 2.75) is 26.7 Å². The molecule has 1 aliphatic rings. The standard InChI is InChI=1S/C8H9BrO.C5H11NS/c1-5-3-7(10)4-6(2)8(5)9;1-7-6-4-2-3-5-6/h3-4,10H,1-2H3;2-5H2,1H3. The fourth-order valence-electron chi connectivity index (χ4n) is 1.79. The maximum Gasteiger partial charge on any atom is 0.116 e. The number of hydrogen-bond acceptors (Lipinski definition) is 3. The molecule has 17 heavy (non-hydrogen) atoms. The third-order valence-corrected chi connectivity index (χ3v) is 4.88. The lowest BCUT2D eigenvalue weighted by Crippen LogP contribution is -2.07. The molecule has 96 valence electrons. The summed E-state index contributed by atoms with van der Waals surface area (Å²) in [6, 6.07) is 3.47. The Morgan fingerprint density at radius 3 is 2.00 bits per heavy atom. The van der Waals surface area contributed by atoms with Gasteiger partial charge in [0.2, 0.25) is 0 Å². The van der Waals surface area contributed by atoms with Gasteiger partial charge in [0.25, 0.3) is 0 Å².